The van der Waals surface area contributed by atoms with E-state index in [1.54, 1.807) is 0 Å². The maximum absolute atomic E-state index is 11.8. The molecule has 1 atom stereocenters. The summed E-state index contributed by atoms with van der Waals surface area (Å²) in [5, 5.41) is 11.5. The van der Waals surface area contributed by atoms with Crippen LogP contribution in [-0.2, 0) is 14.4 Å². The molecule has 5 heteroatoms. The van der Waals surface area contributed by atoms with Crippen LogP contribution in [0.1, 0.15) is 122 Å². The molecule has 1 unspecified atom stereocenters. The van der Waals surface area contributed by atoms with Gasteiger partial charge in [-0.05, 0) is 12.8 Å². The zero-order valence-electron chi connectivity index (χ0n) is 18.1. The molecule has 5 nitrogen and oxygen atoms in total. The third-order valence-electron chi connectivity index (χ3n) is 5.21. The van der Waals surface area contributed by atoms with E-state index in [4.69, 9.17) is 5.11 Å². The van der Waals surface area contributed by atoms with Gasteiger partial charge in [-0.2, -0.15) is 0 Å². The van der Waals surface area contributed by atoms with Crippen LogP contribution < -0.4 is 5.32 Å². The number of carbonyl (C=O) groups is 3. The molecule has 164 valence electrons. The molecule has 28 heavy (non-hydrogen) atoms. The van der Waals surface area contributed by atoms with E-state index in [0.717, 1.165) is 19.3 Å². The smallest absolute Gasteiger partial charge is 0.326 e. The van der Waals surface area contributed by atoms with Crippen molar-refractivity contribution in [1.29, 1.82) is 0 Å². The maximum Gasteiger partial charge on any atom is 0.326 e. The summed E-state index contributed by atoms with van der Waals surface area (Å²) in [4.78, 5) is 33.2. The second-order valence-corrected chi connectivity index (χ2v) is 7.90. The lowest BCUT2D eigenvalue weighted by molar-refractivity contribution is -0.142. The van der Waals surface area contributed by atoms with Gasteiger partial charge in [-0.15, -0.1) is 0 Å². The van der Waals surface area contributed by atoms with E-state index >= 15 is 0 Å². The monoisotopic (exact) mass is 397 g/mol. The SMILES string of the molecule is CCCCCCCCCCCCCCCCCC(=O)NC(CCC=O)C(=O)O. The van der Waals surface area contributed by atoms with E-state index in [9.17, 15) is 14.4 Å². The van der Waals surface area contributed by atoms with Crippen molar-refractivity contribution in [2.75, 3.05) is 0 Å². The van der Waals surface area contributed by atoms with Crippen LogP contribution in [-0.4, -0.2) is 29.3 Å². The predicted octanol–water partition coefficient (Wildman–Crippen LogP) is 5.80. The highest BCUT2D eigenvalue weighted by molar-refractivity contribution is 5.83. The van der Waals surface area contributed by atoms with Gasteiger partial charge in [0.15, 0.2) is 0 Å². The van der Waals surface area contributed by atoms with Gasteiger partial charge in [-0.3, -0.25) is 4.79 Å². The molecule has 0 aliphatic rings. The molecule has 0 fully saturated rings. The van der Waals surface area contributed by atoms with Crippen LogP contribution in [0.4, 0.5) is 0 Å². The van der Waals surface area contributed by atoms with Crippen molar-refractivity contribution in [3.63, 3.8) is 0 Å². The molecule has 1 amide bonds. The Labute approximate surface area is 172 Å². The number of carboxylic acid groups (broad SMARTS) is 1. The minimum absolute atomic E-state index is 0.149. The number of unbranched alkanes of at least 4 members (excludes halogenated alkanes) is 14. The molecule has 0 radical (unpaired) electrons. The Kier molecular flexibility index (Phi) is 19.3. The van der Waals surface area contributed by atoms with Crippen LogP contribution in [0.25, 0.3) is 0 Å². The molecule has 0 aliphatic heterocycles. The average Bonchev–Trinajstić information content (AvgIpc) is 2.67. The minimum Gasteiger partial charge on any atom is -0.480 e. The Morgan fingerprint density at radius 1 is 0.786 bits per heavy atom. The molecule has 2 N–H and O–H groups in total. The second-order valence-electron chi connectivity index (χ2n) is 7.90. The lowest BCUT2D eigenvalue weighted by atomic mass is 10.0. The molecule has 0 heterocycles. The number of hydrogen-bond acceptors (Lipinski definition) is 3. The van der Waals surface area contributed by atoms with Crippen molar-refractivity contribution < 1.29 is 19.5 Å². The van der Waals surface area contributed by atoms with Crippen LogP contribution >= 0.6 is 0 Å². The van der Waals surface area contributed by atoms with E-state index in [0.29, 0.717) is 12.7 Å². The van der Waals surface area contributed by atoms with Crippen molar-refractivity contribution >= 4 is 18.2 Å². The number of hydrogen-bond donors (Lipinski definition) is 2. The van der Waals surface area contributed by atoms with Gasteiger partial charge >= 0.3 is 5.97 Å². The topological polar surface area (TPSA) is 83.5 Å². The summed E-state index contributed by atoms with van der Waals surface area (Å²) in [7, 11) is 0. The molecule has 0 saturated heterocycles. The number of carbonyl (C=O) groups excluding carboxylic acids is 2. The normalized spacial score (nSPS) is 11.9. The summed E-state index contributed by atoms with van der Waals surface area (Å²) in [6.07, 6.45) is 20.5. The van der Waals surface area contributed by atoms with E-state index in [1.165, 1.54) is 77.0 Å². The second kappa shape index (κ2) is 20.3. The van der Waals surface area contributed by atoms with Gasteiger partial charge < -0.3 is 15.2 Å². The third-order valence-corrected chi connectivity index (χ3v) is 5.21. The first-order valence-electron chi connectivity index (χ1n) is 11.6. The number of aldehydes is 1. The summed E-state index contributed by atoms with van der Waals surface area (Å²) in [5.41, 5.74) is 0. The minimum atomic E-state index is -1.08. The molecule has 0 aliphatic carbocycles. The predicted molar refractivity (Wildman–Crippen MR) is 114 cm³/mol. The van der Waals surface area contributed by atoms with E-state index in [-0.39, 0.29) is 18.7 Å². The number of nitrogens with one attached hydrogen (secondary N) is 1. The summed E-state index contributed by atoms with van der Waals surface area (Å²) in [5.74, 6) is -1.31. The fourth-order valence-corrected chi connectivity index (χ4v) is 3.42. The molecule has 0 bridgehead atoms. The van der Waals surface area contributed by atoms with Crippen molar-refractivity contribution in [3.05, 3.63) is 0 Å². The van der Waals surface area contributed by atoms with Gasteiger partial charge in [0.25, 0.3) is 0 Å². The van der Waals surface area contributed by atoms with Gasteiger partial charge in [-0.1, -0.05) is 96.8 Å². The van der Waals surface area contributed by atoms with E-state index in [2.05, 4.69) is 12.2 Å². The van der Waals surface area contributed by atoms with Gasteiger partial charge in [0.2, 0.25) is 5.91 Å². The Bertz CT molecular complexity index is 398. The lowest BCUT2D eigenvalue weighted by Gasteiger charge is -2.13. The highest BCUT2D eigenvalue weighted by Gasteiger charge is 2.18. The maximum atomic E-state index is 11.8. The summed E-state index contributed by atoms with van der Waals surface area (Å²) >= 11 is 0. The van der Waals surface area contributed by atoms with Crippen molar-refractivity contribution in [2.24, 2.45) is 0 Å². The highest BCUT2D eigenvalue weighted by Crippen LogP contribution is 2.13. The number of rotatable bonds is 21. The first-order chi connectivity index (χ1) is 13.6. The molecule has 0 rings (SSSR count). The van der Waals surface area contributed by atoms with Crippen LogP contribution in [0, 0.1) is 0 Å². The summed E-state index contributed by atoms with van der Waals surface area (Å²) < 4.78 is 0. The standard InChI is InChI=1S/C23H43NO4/c1-2-3-4-5-6-7-8-9-10-11-12-13-14-15-16-19-22(26)24-21(23(27)28)18-17-20-25/h20-21H,2-19H2,1H3,(H,24,26)(H,27,28). The number of carboxylic acids is 1. The average molecular weight is 398 g/mol. The van der Waals surface area contributed by atoms with Crippen LogP contribution in [0.3, 0.4) is 0 Å². The zero-order chi connectivity index (χ0) is 20.9. The molecular weight excluding hydrogens is 354 g/mol. The van der Waals surface area contributed by atoms with E-state index < -0.39 is 12.0 Å². The quantitative estimate of drug-likeness (QED) is 0.189. The Hall–Kier alpha value is -1.39. The van der Waals surface area contributed by atoms with Crippen LogP contribution in [0.15, 0.2) is 0 Å². The molecular formula is C23H43NO4. The van der Waals surface area contributed by atoms with Crippen LogP contribution in [0.5, 0.6) is 0 Å². The van der Waals surface area contributed by atoms with Crippen molar-refractivity contribution in [1.82, 2.24) is 5.32 Å². The van der Waals surface area contributed by atoms with Gasteiger partial charge in [0, 0.05) is 12.8 Å². The van der Waals surface area contributed by atoms with E-state index in [1.807, 2.05) is 0 Å². The molecule has 0 spiro atoms. The van der Waals surface area contributed by atoms with Crippen LogP contribution in [0.2, 0.25) is 0 Å². The lowest BCUT2D eigenvalue weighted by Crippen LogP contribution is -2.40. The highest BCUT2D eigenvalue weighted by atomic mass is 16.4. The van der Waals surface area contributed by atoms with Gasteiger partial charge in [0.05, 0.1) is 0 Å². The molecule has 0 aromatic heterocycles. The molecule has 0 saturated carbocycles. The fraction of sp³-hybridized carbons (Fsp3) is 0.870. The van der Waals surface area contributed by atoms with Crippen molar-refractivity contribution in [3.8, 4) is 0 Å². The number of aliphatic carboxylic acids is 1. The summed E-state index contributed by atoms with van der Waals surface area (Å²) in [6.45, 7) is 2.26. The molecule has 0 aromatic carbocycles. The molecule has 0 aromatic rings. The first-order valence-corrected chi connectivity index (χ1v) is 11.6. The van der Waals surface area contributed by atoms with Gasteiger partial charge in [0.1, 0.15) is 12.3 Å². The zero-order valence-corrected chi connectivity index (χ0v) is 18.1. The Balaban J connectivity index is 3.39. The largest absolute Gasteiger partial charge is 0.480 e. The first kappa shape index (κ1) is 26.6. The van der Waals surface area contributed by atoms with Gasteiger partial charge in [-0.25, -0.2) is 4.79 Å². The third kappa shape index (κ3) is 18.0. The Morgan fingerprint density at radius 3 is 1.61 bits per heavy atom. The fourth-order valence-electron chi connectivity index (χ4n) is 3.42. The summed E-state index contributed by atoms with van der Waals surface area (Å²) in [6, 6.07) is -0.950. The number of amides is 1. The Morgan fingerprint density at radius 2 is 1.21 bits per heavy atom. The van der Waals surface area contributed by atoms with Crippen molar-refractivity contribution in [2.45, 2.75) is 129 Å².